The lowest BCUT2D eigenvalue weighted by Gasteiger charge is -2.72. The lowest BCUT2D eigenvalue weighted by Crippen LogP contribution is -2.71. The molecule has 0 radical (unpaired) electrons. The fourth-order valence-electron chi connectivity index (χ4n) is 16.7. The summed E-state index contributed by atoms with van der Waals surface area (Å²) < 4.78 is 42.4. The monoisotopic (exact) mass is 1100 g/mol. The van der Waals surface area contributed by atoms with E-state index < -0.39 is 212 Å². The van der Waals surface area contributed by atoms with E-state index in [1.807, 2.05) is 13.8 Å². The molecule has 4 heterocycles. The van der Waals surface area contributed by atoms with E-state index in [4.69, 9.17) is 33.2 Å². The Labute approximate surface area is 446 Å². The third kappa shape index (κ3) is 9.23. The average molecular weight is 1110 g/mol. The van der Waals surface area contributed by atoms with Crippen LogP contribution >= 0.6 is 0 Å². The number of carboxylic acids is 1. The van der Waals surface area contributed by atoms with Gasteiger partial charge in [0.25, 0.3) is 0 Å². The summed E-state index contributed by atoms with van der Waals surface area (Å²) in [6.45, 7) is 9.64. The highest BCUT2D eigenvalue weighted by atomic mass is 16.8. The first-order chi connectivity index (χ1) is 36.0. The molecule has 30 atom stereocenters. The lowest BCUT2D eigenvalue weighted by molar-refractivity contribution is -0.371. The van der Waals surface area contributed by atoms with Crippen LogP contribution in [0.1, 0.15) is 92.9 Å². The van der Waals surface area contributed by atoms with E-state index in [1.165, 1.54) is 0 Å². The molecule has 9 aliphatic rings. The van der Waals surface area contributed by atoms with Crippen molar-refractivity contribution in [3.05, 3.63) is 11.6 Å². The minimum atomic E-state index is -2.08. The van der Waals surface area contributed by atoms with Crippen LogP contribution in [0.25, 0.3) is 0 Å². The first-order valence-corrected chi connectivity index (χ1v) is 27.3. The van der Waals surface area contributed by atoms with Gasteiger partial charge in [-0.3, -0.25) is 0 Å². The summed E-state index contributed by atoms with van der Waals surface area (Å²) in [5.74, 6) is -4.12. The number of aliphatic hydroxyl groups excluding tert-OH is 14. The Kier molecular flexibility index (Phi) is 16.5. The Morgan fingerprint density at radius 2 is 1.32 bits per heavy atom. The highest BCUT2D eigenvalue weighted by molar-refractivity contribution is 5.73. The summed E-state index contributed by atoms with van der Waals surface area (Å²) >= 11 is 0. The number of ether oxygens (including phenoxy) is 7. The van der Waals surface area contributed by atoms with Crippen LogP contribution in [-0.4, -0.2) is 244 Å². The molecular formula is C53H84O24. The molecule has 24 nitrogen and oxygen atoms in total. The van der Waals surface area contributed by atoms with Crippen LogP contribution < -0.4 is 0 Å². The van der Waals surface area contributed by atoms with Crippen molar-refractivity contribution in [2.24, 2.45) is 56.2 Å². The zero-order chi connectivity index (χ0) is 56.4. The summed E-state index contributed by atoms with van der Waals surface area (Å²) in [4.78, 5) is 27.1. The Hall–Kier alpha value is -1.96. The summed E-state index contributed by atoms with van der Waals surface area (Å²) in [6, 6.07) is 0. The van der Waals surface area contributed by atoms with E-state index in [1.54, 1.807) is 6.92 Å². The molecule has 0 aromatic heterocycles. The zero-order valence-corrected chi connectivity index (χ0v) is 44.5. The second kappa shape index (κ2) is 21.3. The molecule has 4 saturated heterocycles. The van der Waals surface area contributed by atoms with Gasteiger partial charge < -0.3 is 115 Å². The summed E-state index contributed by atoms with van der Waals surface area (Å²) in [7, 11) is 0. The second-order valence-electron chi connectivity index (χ2n) is 25.8. The van der Waals surface area contributed by atoms with Crippen LogP contribution in [0.3, 0.4) is 0 Å². The van der Waals surface area contributed by atoms with Crippen LogP contribution in [-0.2, 0) is 42.7 Å². The topological polar surface area (TPSA) is 402 Å². The molecule has 4 saturated carbocycles. The molecule has 0 unspecified atom stereocenters. The van der Waals surface area contributed by atoms with Crippen molar-refractivity contribution in [2.45, 2.75) is 222 Å². The largest absolute Gasteiger partial charge is 0.479 e. The zero-order valence-electron chi connectivity index (χ0n) is 44.5. The number of allylic oxidation sites excluding steroid dienone is 2. The fourth-order valence-corrected chi connectivity index (χ4v) is 16.7. The van der Waals surface area contributed by atoms with Gasteiger partial charge in [0.05, 0.1) is 73.9 Å². The molecule has 0 spiro atoms. The van der Waals surface area contributed by atoms with Gasteiger partial charge in [0.15, 0.2) is 25.0 Å². The summed E-state index contributed by atoms with van der Waals surface area (Å²) in [5, 5.41) is 165. The number of carbonyl (C=O) groups excluding carboxylic acids is 1. The van der Waals surface area contributed by atoms with Gasteiger partial charge in [-0.05, 0) is 90.8 Å². The van der Waals surface area contributed by atoms with Crippen molar-refractivity contribution < 1.29 is 119 Å². The van der Waals surface area contributed by atoms with Gasteiger partial charge in [-0.25, -0.2) is 4.79 Å². The molecule has 24 heteroatoms. The van der Waals surface area contributed by atoms with E-state index in [9.17, 15) is 86.2 Å². The van der Waals surface area contributed by atoms with Crippen molar-refractivity contribution in [2.75, 3.05) is 26.4 Å². The van der Waals surface area contributed by atoms with E-state index in [2.05, 4.69) is 26.8 Å². The minimum absolute atomic E-state index is 0.0826. The smallest absolute Gasteiger partial charge is 0.335 e. The molecule has 9 rings (SSSR count). The van der Waals surface area contributed by atoms with Crippen molar-refractivity contribution in [3.63, 3.8) is 0 Å². The number of carboxylic acid groups (broad SMARTS) is 1. The maximum Gasteiger partial charge on any atom is 0.335 e. The number of hydrogen-bond acceptors (Lipinski definition) is 23. The highest BCUT2D eigenvalue weighted by Gasteiger charge is 2.73. The molecule has 0 bridgehead atoms. The Morgan fingerprint density at radius 1 is 0.675 bits per heavy atom. The van der Waals surface area contributed by atoms with E-state index in [-0.39, 0.29) is 24.7 Å². The van der Waals surface area contributed by atoms with Gasteiger partial charge in [0.1, 0.15) is 73.4 Å². The molecule has 440 valence electrons. The predicted molar refractivity (Wildman–Crippen MR) is 259 cm³/mol. The van der Waals surface area contributed by atoms with E-state index in [0.29, 0.717) is 32.1 Å². The van der Waals surface area contributed by atoms with Crippen LogP contribution in [0, 0.1) is 56.2 Å². The van der Waals surface area contributed by atoms with Gasteiger partial charge in [-0.2, -0.15) is 0 Å². The number of aldehydes is 1. The first-order valence-electron chi connectivity index (χ1n) is 27.3. The van der Waals surface area contributed by atoms with Crippen LogP contribution in [0.15, 0.2) is 11.6 Å². The maximum absolute atomic E-state index is 14.0. The van der Waals surface area contributed by atoms with Crippen molar-refractivity contribution >= 4 is 12.3 Å². The van der Waals surface area contributed by atoms with Crippen molar-refractivity contribution in [1.29, 1.82) is 0 Å². The maximum atomic E-state index is 14.0. The number of rotatable bonds is 12. The predicted octanol–water partition coefficient (Wildman–Crippen LogP) is -3.44. The molecule has 8 fully saturated rings. The fraction of sp³-hybridized carbons (Fsp3) is 0.925. The highest BCUT2D eigenvalue weighted by Crippen LogP contribution is 2.76. The quantitative estimate of drug-likeness (QED) is 0.0514. The molecule has 15 N–H and O–H groups in total. The number of aliphatic carboxylic acids is 1. The third-order valence-electron chi connectivity index (χ3n) is 21.6. The lowest BCUT2D eigenvalue weighted by atomic mass is 9.33. The van der Waals surface area contributed by atoms with Crippen molar-refractivity contribution in [1.82, 2.24) is 0 Å². The molecule has 77 heavy (non-hydrogen) atoms. The molecule has 0 aromatic rings. The average Bonchev–Trinajstić information content (AvgIpc) is 3.55. The van der Waals surface area contributed by atoms with Crippen LogP contribution in [0.4, 0.5) is 0 Å². The van der Waals surface area contributed by atoms with Gasteiger partial charge in [-0.1, -0.05) is 53.2 Å². The SMILES string of the molecule is CC1(C)C[C@H]2C3=CC[C@@H]4[C@@]5(C)CC[C@H](O[C@@H]6O[C@H](C(=O)O)[C@@H](O)[C@H](C[C@@H]7OC[C@H](O)[C@H](O)[C@H]7O[C@@H]7OC[C@@H](O)[C@H](O)[C@H]7O)[C@H]6O[C@@H]6O[C@H](CO)[C@H](O)[C@H](O)[C@H]6O)[C@@](C)(C=O)[C@@H]5CC[C@@]4(C)[C@]3(C)C[C@@H](O)[C@@]2(CO)[C@@H](O)[C@@H]1O. The molecule has 5 aliphatic carbocycles. The Morgan fingerprint density at radius 3 is 1.97 bits per heavy atom. The van der Waals surface area contributed by atoms with Crippen LogP contribution in [0.2, 0.25) is 0 Å². The van der Waals surface area contributed by atoms with Crippen LogP contribution in [0.5, 0.6) is 0 Å². The summed E-state index contributed by atoms with van der Waals surface area (Å²) in [5.41, 5.74) is -4.13. The van der Waals surface area contributed by atoms with Gasteiger partial charge in [-0.15, -0.1) is 0 Å². The first kappa shape index (κ1) is 59.7. The molecule has 0 aromatic carbocycles. The normalized spacial score (nSPS) is 55.6. The minimum Gasteiger partial charge on any atom is -0.479 e. The third-order valence-corrected chi connectivity index (χ3v) is 21.6. The number of hydrogen-bond donors (Lipinski definition) is 15. The molecule has 0 amide bonds. The van der Waals surface area contributed by atoms with Gasteiger partial charge >= 0.3 is 5.97 Å². The number of carbonyl (C=O) groups is 2. The van der Waals surface area contributed by atoms with Crippen molar-refractivity contribution in [3.8, 4) is 0 Å². The van der Waals surface area contributed by atoms with Gasteiger partial charge in [0.2, 0.25) is 0 Å². The number of fused-ring (bicyclic) bond motifs is 7. The van der Waals surface area contributed by atoms with E-state index in [0.717, 1.165) is 11.9 Å². The number of aliphatic hydroxyl groups is 14. The van der Waals surface area contributed by atoms with E-state index >= 15 is 0 Å². The summed E-state index contributed by atoms with van der Waals surface area (Å²) in [6.07, 6.45) is -29.6. The Balaban J connectivity index is 1.05. The second-order valence-corrected chi connectivity index (χ2v) is 25.8. The van der Waals surface area contributed by atoms with Gasteiger partial charge in [0, 0.05) is 5.92 Å². The molecule has 4 aliphatic heterocycles. The standard InChI is InChI=1S/C53H84O24/c1-48(2)14-23-22-7-8-29-49(3)11-10-31(50(4,19-55)28(49)9-12-51(29,5)52(22,6)15-30(59)53(23,20-56)43(68)42(48)67)74-47-39(75-46-38(66)36(64)35(63)27(16-54)73-46)21(32(60)41(77-47)44(69)70)13-26-40(34(62)25(58)17-71-26)76-45-37(65)33(61)24(57)18-72-45/h7,19,21,23-43,45-47,54,56-68H,8-18,20H2,1-6H3,(H,69,70)/t21-,23-,24+,25-,26-,27+,28+,29+,30+,31-,32-,33-,34-,35-,36-,37+,38+,39+,40-,41-,42-,43-,45-,46-,47+,49-,50-,51+,52+,53-/m0/s1. The Bertz CT molecular complexity index is 2170. The molecular weight excluding hydrogens is 1020 g/mol.